The number of carbonyl (C=O) groups is 1. The highest BCUT2D eigenvalue weighted by molar-refractivity contribution is 7.99. The normalized spacial score (nSPS) is 31.8. The van der Waals surface area contributed by atoms with Gasteiger partial charge in [0.1, 0.15) is 0 Å². The van der Waals surface area contributed by atoms with Crippen LogP contribution < -0.4 is 5.32 Å². The maximum absolute atomic E-state index is 12.8. The first kappa shape index (κ1) is 14.2. The van der Waals surface area contributed by atoms with Crippen LogP contribution in [0.15, 0.2) is 0 Å². The zero-order valence-corrected chi connectivity index (χ0v) is 12.2. The second-order valence-corrected chi connectivity index (χ2v) is 6.52. The molecule has 2 heterocycles. The fourth-order valence-corrected chi connectivity index (χ4v) is 4.03. The number of hydrogen-bond donors (Lipinski definition) is 1. The Bertz CT molecular complexity index is 287. The van der Waals surface area contributed by atoms with Gasteiger partial charge in [0.05, 0.1) is 12.1 Å². The summed E-state index contributed by atoms with van der Waals surface area (Å²) in [5, 5.41) is 3.37. The Morgan fingerprint density at radius 1 is 1.61 bits per heavy atom. The van der Waals surface area contributed by atoms with Gasteiger partial charge in [0, 0.05) is 25.4 Å². The largest absolute Gasteiger partial charge is 0.383 e. The van der Waals surface area contributed by atoms with Gasteiger partial charge < -0.3 is 15.0 Å². The van der Waals surface area contributed by atoms with Gasteiger partial charge >= 0.3 is 0 Å². The van der Waals surface area contributed by atoms with E-state index in [2.05, 4.69) is 10.2 Å². The quantitative estimate of drug-likeness (QED) is 0.814. The van der Waals surface area contributed by atoms with Gasteiger partial charge in [0.15, 0.2) is 0 Å². The monoisotopic (exact) mass is 272 g/mol. The molecular formula is C13H24N2O2S. The van der Waals surface area contributed by atoms with Crippen molar-refractivity contribution in [3.05, 3.63) is 0 Å². The number of thioether (sulfide) groups is 1. The molecule has 0 spiro atoms. The molecule has 4 nitrogen and oxygen atoms in total. The molecule has 2 aliphatic heterocycles. The molecule has 0 radical (unpaired) electrons. The first-order valence-electron chi connectivity index (χ1n) is 6.80. The summed E-state index contributed by atoms with van der Waals surface area (Å²) >= 11 is 1.95. The Labute approximate surface area is 114 Å². The van der Waals surface area contributed by atoms with Gasteiger partial charge in [0.2, 0.25) is 5.91 Å². The molecule has 104 valence electrons. The molecular weight excluding hydrogens is 248 g/mol. The highest BCUT2D eigenvalue weighted by Crippen LogP contribution is 2.27. The van der Waals surface area contributed by atoms with Gasteiger partial charge in [-0.05, 0) is 38.5 Å². The molecule has 2 saturated heterocycles. The lowest BCUT2D eigenvalue weighted by Crippen LogP contribution is -2.56. The smallest absolute Gasteiger partial charge is 0.242 e. The van der Waals surface area contributed by atoms with E-state index in [0.717, 1.165) is 38.1 Å². The Kier molecular flexibility index (Phi) is 4.92. The third-order valence-electron chi connectivity index (χ3n) is 3.98. The Balaban J connectivity index is 2.04. The molecule has 0 bridgehead atoms. The number of nitrogens with one attached hydrogen (secondary N) is 1. The number of amides is 1. The molecule has 0 aromatic rings. The van der Waals surface area contributed by atoms with E-state index < -0.39 is 0 Å². The Morgan fingerprint density at radius 2 is 2.44 bits per heavy atom. The van der Waals surface area contributed by atoms with Crippen molar-refractivity contribution in [2.75, 3.05) is 38.3 Å². The summed E-state index contributed by atoms with van der Waals surface area (Å²) in [6.07, 6.45) is 3.17. The molecule has 2 aliphatic rings. The Hall–Kier alpha value is -0.260. The van der Waals surface area contributed by atoms with Crippen LogP contribution in [0.4, 0.5) is 0 Å². The molecule has 0 aliphatic carbocycles. The van der Waals surface area contributed by atoms with Crippen molar-refractivity contribution < 1.29 is 9.53 Å². The summed E-state index contributed by atoms with van der Waals surface area (Å²) in [6.45, 7) is 4.35. The fraction of sp³-hybridized carbons (Fsp3) is 0.923. The second-order valence-electron chi connectivity index (χ2n) is 5.37. The van der Waals surface area contributed by atoms with Crippen LogP contribution in [-0.2, 0) is 9.53 Å². The number of rotatable bonds is 5. The van der Waals surface area contributed by atoms with Crippen molar-refractivity contribution in [1.29, 1.82) is 0 Å². The van der Waals surface area contributed by atoms with E-state index in [1.807, 2.05) is 18.7 Å². The van der Waals surface area contributed by atoms with Crippen molar-refractivity contribution >= 4 is 17.7 Å². The van der Waals surface area contributed by atoms with E-state index >= 15 is 0 Å². The number of nitrogens with zero attached hydrogens (tertiary/aromatic N) is 1. The summed E-state index contributed by atoms with van der Waals surface area (Å²) in [5.41, 5.74) is -0.346. The van der Waals surface area contributed by atoms with Gasteiger partial charge in [-0.25, -0.2) is 0 Å². The Morgan fingerprint density at radius 3 is 3.00 bits per heavy atom. The summed E-state index contributed by atoms with van der Waals surface area (Å²) in [7, 11) is 1.70. The van der Waals surface area contributed by atoms with Crippen molar-refractivity contribution in [1.82, 2.24) is 10.2 Å². The predicted molar refractivity (Wildman–Crippen MR) is 75.0 cm³/mol. The minimum Gasteiger partial charge on any atom is -0.383 e. The van der Waals surface area contributed by atoms with Crippen LogP contribution in [0.25, 0.3) is 0 Å². The third kappa shape index (κ3) is 3.00. The molecule has 0 aromatic heterocycles. The summed E-state index contributed by atoms with van der Waals surface area (Å²) in [4.78, 5) is 14.8. The molecule has 1 amide bonds. The highest BCUT2D eigenvalue weighted by atomic mass is 32.2. The van der Waals surface area contributed by atoms with Crippen LogP contribution >= 0.6 is 11.8 Å². The third-order valence-corrected chi connectivity index (χ3v) is 5.13. The molecule has 0 aromatic carbocycles. The molecule has 2 unspecified atom stereocenters. The molecule has 2 rings (SSSR count). The van der Waals surface area contributed by atoms with E-state index in [1.54, 1.807) is 7.11 Å². The molecule has 1 N–H and O–H groups in total. The van der Waals surface area contributed by atoms with Crippen molar-refractivity contribution in [3.63, 3.8) is 0 Å². The van der Waals surface area contributed by atoms with E-state index in [9.17, 15) is 4.79 Å². The molecule has 18 heavy (non-hydrogen) atoms. The lowest BCUT2D eigenvalue weighted by Gasteiger charge is -2.35. The molecule has 2 atom stereocenters. The van der Waals surface area contributed by atoms with Crippen molar-refractivity contribution in [2.24, 2.45) is 0 Å². The SMILES string of the molecule is COCCN(C(=O)C1(C)CCCN1)C1CCSC1. The van der Waals surface area contributed by atoms with E-state index in [4.69, 9.17) is 4.74 Å². The number of methoxy groups -OCH3 is 1. The van der Waals surface area contributed by atoms with E-state index in [0.29, 0.717) is 12.6 Å². The summed E-state index contributed by atoms with van der Waals surface area (Å²) in [6, 6.07) is 0.400. The van der Waals surface area contributed by atoms with Crippen LogP contribution in [-0.4, -0.2) is 60.7 Å². The van der Waals surface area contributed by atoms with Crippen LogP contribution in [0.5, 0.6) is 0 Å². The standard InChI is InChI=1S/C13H24N2O2S/c1-13(5-3-6-14-13)12(16)15(7-8-17-2)11-4-9-18-10-11/h11,14H,3-10H2,1-2H3. The lowest BCUT2D eigenvalue weighted by molar-refractivity contribution is -0.139. The molecule has 5 heteroatoms. The van der Waals surface area contributed by atoms with Gasteiger partial charge in [-0.15, -0.1) is 0 Å². The maximum atomic E-state index is 12.8. The van der Waals surface area contributed by atoms with Crippen LogP contribution in [0.1, 0.15) is 26.2 Å². The zero-order valence-electron chi connectivity index (χ0n) is 11.4. The second kappa shape index (κ2) is 6.26. The van der Waals surface area contributed by atoms with Crippen LogP contribution in [0.2, 0.25) is 0 Å². The van der Waals surface area contributed by atoms with E-state index in [1.165, 1.54) is 5.75 Å². The molecule has 2 fully saturated rings. The fourth-order valence-electron chi connectivity index (χ4n) is 2.80. The first-order valence-corrected chi connectivity index (χ1v) is 7.95. The minimum absolute atomic E-state index is 0.268. The topological polar surface area (TPSA) is 41.6 Å². The molecule has 0 saturated carbocycles. The van der Waals surface area contributed by atoms with Gasteiger partial charge in [0.25, 0.3) is 0 Å². The zero-order chi connectivity index (χ0) is 13.0. The predicted octanol–water partition coefficient (Wildman–Crippen LogP) is 1.11. The van der Waals surface area contributed by atoms with Gasteiger partial charge in [-0.2, -0.15) is 11.8 Å². The van der Waals surface area contributed by atoms with Gasteiger partial charge in [-0.3, -0.25) is 4.79 Å². The number of carbonyl (C=O) groups excluding carboxylic acids is 1. The summed E-state index contributed by atoms with van der Waals surface area (Å²) in [5.74, 6) is 2.52. The lowest BCUT2D eigenvalue weighted by atomic mass is 9.97. The van der Waals surface area contributed by atoms with Crippen LogP contribution in [0.3, 0.4) is 0 Å². The number of hydrogen-bond acceptors (Lipinski definition) is 4. The highest BCUT2D eigenvalue weighted by Gasteiger charge is 2.41. The average Bonchev–Trinajstić information content (AvgIpc) is 3.01. The van der Waals surface area contributed by atoms with Crippen LogP contribution in [0, 0.1) is 0 Å². The average molecular weight is 272 g/mol. The maximum Gasteiger partial charge on any atom is 0.242 e. The van der Waals surface area contributed by atoms with Gasteiger partial charge in [-0.1, -0.05) is 0 Å². The van der Waals surface area contributed by atoms with E-state index in [-0.39, 0.29) is 11.4 Å². The van der Waals surface area contributed by atoms with Crippen molar-refractivity contribution in [2.45, 2.75) is 37.8 Å². The summed E-state index contributed by atoms with van der Waals surface area (Å²) < 4.78 is 5.16. The first-order chi connectivity index (χ1) is 8.67. The number of ether oxygens (including phenoxy) is 1. The van der Waals surface area contributed by atoms with Crippen molar-refractivity contribution in [3.8, 4) is 0 Å². The minimum atomic E-state index is -0.346.